The predicted molar refractivity (Wildman–Crippen MR) is 95.0 cm³/mol. The number of carbonyl (C=O) groups is 2. The van der Waals surface area contributed by atoms with Gasteiger partial charge in [0.15, 0.2) is 0 Å². The number of rotatable bonds is 11. The smallest absolute Gasteiger partial charge is 0.255 e. The second-order valence-electron chi connectivity index (χ2n) is 5.87. The molecule has 0 saturated carbocycles. The average molecular weight is 340 g/mol. The Labute approximate surface area is 142 Å². The molecule has 0 bridgehead atoms. The van der Waals surface area contributed by atoms with Crippen LogP contribution in [0, 0.1) is 4.64 Å². The van der Waals surface area contributed by atoms with Crippen LogP contribution in [-0.2, 0) is 0 Å². The molecule has 1 rings (SSSR count). The quantitative estimate of drug-likeness (QED) is 0.421. The summed E-state index contributed by atoms with van der Waals surface area (Å²) in [5.74, 6) is -0.911. The molecule has 0 unspecified atom stereocenters. The highest BCUT2D eigenvalue weighted by Gasteiger charge is 2.18. The van der Waals surface area contributed by atoms with E-state index in [1.54, 1.807) is 0 Å². The number of amides is 1. The molecule has 0 aliphatic rings. The number of aromatic amines is 1. The van der Waals surface area contributed by atoms with Crippen molar-refractivity contribution in [3.63, 3.8) is 0 Å². The fourth-order valence-electron chi connectivity index (χ4n) is 2.58. The van der Waals surface area contributed by atoms with Gasteiger partial charge in [0.1, 0.15) is 16.0 Å². The third-order valence-corrected chi connectivity index (χ3v) is 4.22. The molecule has 0 radical (unpaired) electrons. The minimum atomic E-state index is -0.724. The van der Waals surface area contributed by atoms with E-state index < -0.39 is 5.91 Å². The summed E-state index contributed by atoms with van der Waals surface area (Å²) in [6.07, 6.45) is 11.0. The van der Waals surface area contributed by atoms with Crippen LogP contribution < -0.4 is 11.5 Å². The van der Waals surface area contributed by atoms with E-state index in [1.807, 2.05) is 0 Å². The zero-order chi connectivity index (χ0) is 17.2. The van der Waals surface area contributed by atoms with Gasteiger partial charge < -0.3 is 11.5 Å². The van der Waals surface area contributed by atoms with Crippen LogP contribution in [0.3, 0.4) is 0 Å². The lowest BCUT2D eigenvalue weighted by atomic mass is 10.1. The van der Waals surface area contributed by atoms with Crippen LogP contribution in [0.2, 0.25) is 0 Å². The first-order valence-corrected chi connectivity index (χ1v) is 8.83. The second kappa shape index (κ2) is 10.2. The lowest BCUT2D eigenvalue weighted by Gasteiger charge is -2.05. The fourth-order valence-corrected chi connectivity index (χ4v) is 2.88. The van der Waals surface area contributed by atoms with Crippen LogP contribution >= 0.6 is 12.2 Å². The first-order valence-electron chi connectivity index (χ1n) is 8.42. The number of hydrogen-bond donors (Lipinski definition) is 3. The molecule has 1 heterocycles. The number of nitrogens with two attached hydrogens (primary N) is 2. The number of hydrogen-bond acceptors (Lipinski definition) is 4. The van der Waals surface area contributed by atoms with Gasteiger partial charge in [0.25, 0.3) is 5.91 Å². The van der Waals surface area contributed by atoms with Gasteiger partial charge in [0.2, 0.25) is 5.91 Å². The van der Waals surface area contributed by atoms with E-state index in [-0.39, 0.29) is 21.9 Å². The van der Waals surface area contributed by atoms with Gasteiger partial charge in [-0.05, 0) is 6.42 Å². The normalized spacial score (nSPS) is 10.8. The zero-order valence-corrected chi connectivity index (χ0v) is 14.7. The van der Waals surface area contributed by atoms with Crippen LogP contribution in [-0.4, -0.2) is 21.6 Å². The lowest BCUT2D eigenvalue weighted by Crippen LogP contribution is -2.17. The van der Waals surface area contributed by atoms with Crippen molar-refractivity contribution in [2.75, 3.05) is 5.73 Å². The Hall–Kier alpha value is -1.63. The van der Waals surface area contributed by atoms with Crippen molar-refractivity contribution in [2.45, 2.75) is 71.1 Å². The summed E-state index contributed by atoms with van der Waals surface area (Å²) >= 11 is 4.96. The molecule has 0 aliphatic heterocycles. The minimum absolute atomic E-state index is 0.00317. The third-order valence-electron chi connectivity index (χ3n) is 3.93. The maximum absolute atomic E-state index is 12.1. The summed E-state index contributed by atoms with van der Waals surface area (Å²) in [4.78, 5) is 23.4. The predicted octanol–water partition coefficient (Wildman–Crippen LogP) is 3.79. The van der Waals surface area contributed by atoms with Crippen LogP contribution in [0.5, 0.6) is 0 Å². The SMILES string of the molecule is CCCCCCCCCCCC(=O)n1[nH]c(=S)c(C(N)=O)c1N. The molecule has 1 aromatic rings. The van der Waals surface area contributed by atoms with Gasteiger partial charge in [-0.3, -0.25) is 14.7 Å². The number of unbranched alkanes of at least 4 members (excludes halogenated alkanes) is 8. The molecule has 1 aromatic heterocycles. The molecular weight excluding hydrogens is 312 g/mol. The summed E-state index contributed by atoms with van der Waals surface area (Å²) in [6.45, 7) is 2.22. The van der Waals surface area contributed by atoms with Crippen molar-refractivity contribution in [1.82, 2.24) is 9.78 Å². The maximum Gasteiger partial charge on any atom is 0.255 e. The lowest BCUT2D eigenvalue weighted by molar-refractivity contribution is 0.0886. The molecule has 130 valence electrons. The molecule has 0 fully saturated rings. The highest BCUT2D eigenvalue weighted by Crippen LogP contribution is 2.15. The Kier molecular flexibility index (Phi) is 8.61. The highest BCUT2D eigenvalue weighted by molar-refractivity contribution is 7.71. The average Bonchev–Trinajstić information content (AvgIpc) is 2.80. The Morgan fingerprint density at radius 1 is 1.04 bits per heavy atom. The highest BCUT2D eigenvalue weighted by atomic mass is 32.1. The van der Waals surface area contributed by atoms with E-state index in [0.29, 0.717) is 6.42 Å². The van der Waals surface area contributed by atoms with Crippen molar-refractivity contribution in [3.8, 4) is 0 Å². The van der Waals surface area contributed by atoms with Gasteiger partial charge in [0, 0.05) is 6.42 Å². The summed E-state index contributed by atoms with van der Waals surface area (Å²) in [5, 5.41) is 2.63. The number of aromatic nitrogens is 2. The monoisotopic (exact) mass is 340 g/mol. The number of nitrogens with zero attached hydrogens (tertiary/aromatic N) is 1. The maximum atomic E-state index is 12.1. The van der Waals surface area contributed by atoms with Crippen LogP contribution in [0.4, 0.5) is 5.82 Å². The number of H-pyrrole nitrogens is 1. The number of nitrogen functional groups attached to an aromatic ring is 1. The standard InChI is InChI=1S/C16H28N4O2S/c1-2-3-4-5-6-7-8-9-10-11-12(21)20-14(17)13(15(18)22)16(23)19-20/h2-11,17H2,1H3,(H2,18,22)(H,19,23). The molecule has 6 nitrogen and oxygen atoms in total. The summed E-state index contributed by atoms with van der Waals surface area (Å²) in [5.41, 5.74) is 11.0. The number of nitrogens with one attached hydrogen (secondary N) is 1. The van der Waals surface area contributed by atoms with E-state index in [1.165, 1.54) is 38.5 Å². The van der Waals surface area contributed by atoms with Gasteiger partial charge in [-0.1, -0.05) is 70.5 Å². The van der Waals surface area contributed by atoms with Crippen LogP contribution in [0.25, 0.3) is 0 Å². The van der Waals surface area contributed by atoms with Crippen molar-refractivity contribution >= 4 is 29.9 Å². The van der Waals surface area contributed by atoms with Gasteiger partial charge in [0.05, 0.1) is 0 Å². The van der Waals surface area contributed by atoms with Crippen molar-refractivity contribution in [2.24, 2.45) is 5.73 Å². The molecule has 23 heavy (non-hydrogen) atoms. The van der Waals surface area contributed by atoms with Crippen LogP contribution in [0.1, 0.15) is 86.3 Å². The summed E-state index contributed by atoms with van der Waals surface area (Å²) in [7, 11) is 0. The minimum Gasteiger partial charge on any atom is -0.383 e. The fraction of sp³-hybridized carbons (Fsp3) is 0.688. The van der Waals surface area contributed by atoms with E-state index >= 15 is 0 Å². The molecule has 0 saturated heterocycles. The Bertz CT molecular complexity index is 577. The first kappa shape index (κ1) is 19.4. The topological polar surface area (TPSA) is 107 Å². The van der Waals surface area contributed by atoms with Gasteiger partial charge in [-0.15, -0.1) is 0 Å². The van der Waals surface area contributed by atoms with Crippen molar-refractivity contribution in [3.05, 3.63) is 10.2 Å². The van der Waals surface area contributed by atoms with Gasteiger partial charge >= 0.3 is 0 Å². The molecule has 0 atom stereocenters. The molecule has 0 aliphatic carbocycles. The van der Waals surface area contributed by atoms with E-state index in [2.05, 4.69) is 12.0 Å². The third kappa shape index (κ3) is 6.17. The van der Waals surface area contributed by atoms with Crippen molar-refractivity contribution in [1.29, 1.82) is 0 Å². The Morgan fingerprint density at radius 2 is 1.57 bits per heavy atom. The molecule has 1 amide bonds. The summed E-state index contributed by atoms with van der Waals surface area (Å²) in [6, 6.07) is 0. The van der Waals surface area contributed by atoms with E-state index in [4.69, 9.17) is 23.7 Å². The molecule has 0 spiro atoms. The number of primary amides is 1. The molecule has 7 heteroatoms. The van der Waals surface area contributed by atoms with Gasteiger partial charge in [-0.25, -0.2) is 4.68 Å². The van der Waals surface area contributed by atoms with Crippen LogP contribution in [0.15, 0.2) is 0 Å². The zero-order valence-electron chi connectivity index (χ0n) is 13.9. The second-order valence-corrected chi connectivity index (χ2v) is 6.28. The largest absolute Gasteiger partial charge is 0.383 e. The van der Waals surface area contributed by atoms with Gasteiger partial charge in [-0.2, -0.15) is 0 Å². The Morgan fingerprint density at radius 3 is 2.04 bits per heavy atom. The first-order chi connectivity index (χ1) is 11.0. The van der Waals surface area contributed by atoms with E-state index in [0.717, 1.165) is 23.9 Å². The Balaban J connectivity index is 2.29. The number of anilines is 1. The summed E-state index contributed by atoms with van der Waals surface area (Å²) < 4.78 is 1.24. The molecular formula is C16H28N4O2S. The number of carbonyl (C=O) groups excluding carboxylic acids is 2. The molecule has 5 N–H and O–H groups in total. The molecule has 0 aromatic carbocycles. The van der Waals surface area contributed by atoms with Crippen molar-refractivity contribution < 1.29 is 9.59 Å². The van der Waals surface area contributed by atoms with E-state index in [9.17, 15) is 9.59 Å².